The molecule has 0 aromatic carbocycles. The van der Waals surface area contributed by atoms with Gasteiger partial charge in [0.15, 0.2) is 0 Å². The minimum atomic E-state index is 0.549. The Morgan fingerprint density at radius 2 is 1.56 bits per heavy atom. The van der Waals surface area contributed by atoms with Crippen LogP contribution in [0.15, 0.2) is 12.2 Å². The van der Waals surface area contributed by atoms with Crippen LogP contribution in [-0.4, -0.2) is 6.79 Å². The van der Waals surface area contributed by atoms with E-state index in [0.29, 0.717) is 10.8 Å². The summed E-state index contributed by atoms with van der Waals surface area (Å²) in [5.41, 5.74) is 1.17. The summed E-state index contributed by atoms with van der Waals surface area (Å²) in [6.45, 7) is 23.0. The van der Waals surface area contributed by atoms with Crippen LogP contribution in [0.1, 0.15) is 107 Å². The van der Waals surface area contributed by atoms with Crippen LogP contribution in [-0.2, 0) is 4.79 Å². The highest BCUT2D eigenvalue weighted by atomic mass is 16.1. The van der Waals surface area contributed by atoms with Crippen molar-refractivity contribution in [2.24, 2.45) is 40.4 Å². The first-order valence-electron chi connectivity index (χ1n) is 11.7. The number of allylic oxidation sites excluding steroid dienone is 2. The molecule has 160 valence electrons. The molecular formula is C26H50O. The number of carbonyl (C=O) groups is 1. The first kappa shape index (κ1) is 26.4. The lowest BCUT2D eigenvalue weighted by Gasteiger charge is -2.37. The molecule has 2 saturated carbocycles. The highest BCUT2D eigenvalue weighted by molar-refractivity contribution is 5.11. The van der Waals surface area contributed by atoms with Gasteiger partial charge in [-0.05, 0) is 78.9 Å². The van der Waals surface area contributed by atoms with E-state index < -0.39 is 0 Å². The Hall–Kier alpha value is -0.590. The molecule has 0 aliphatic heterocycles. The number of rotatable bonds is 0. The van der Waals surface area contributed by atoms with Crippen molar-refractivity contribution in [3.63, 3.8) is 0 Å². The Labute approximate surface area is 171 Å². The summed E-state index contributed by atoms with van der Waals surface area (Å²) >= 11 is 0. The molecule has 0 bridgehead atoms. The molecule has 0 aromatic rings. The lowest BCUT2D eigenvalue weighted by atomic mass is 9.67. The Morgan fingerprint density at radius 3 is 2.11 bits per heavy atom. The molecule has 6 atom stereocenters. The van der Waals surface area contributed by atoms with Gasteiger partial charge >= 0.3 is 0 Å². The van der Waals surface area contributed by atoms with E-state index in [1.54, 1.807) is 0 Å². The van der Waals surface area contributed by atoms with Crippen molar-refractivity contribution in [3.05, 3.63) is 12.2 Å². The molecule has 2 fully saturated rings. The van der Waals surface area contributed by atoms with Gasteiger partial charge in [-0.25, -0.2) is 0 Å². The zero-order valence-electron chi connectivity index (χ0n) is 20.1. The minimum absolute atomic E-state index is 0.549. The monoisotopic (exact) mass is 378 g/mol. The molecule has 3 aliphatic carbocycles. The van der Waals surface area contributed by atoms with Crippen LogP contribution in [0.4, 0.5) is 0 Å². The van der Waals surface area contributed by atoms with E-state index in [0.717, 1.165) is 29.6 Å². The van der Waals surface area contributed by atoms with Gasteiger partial charge in [-0.3, -0.25) is 0 Å². The maximum Gasteiger partial charge on any atom is 0.106 e. The van der Waals surface area contributed by atoms with Crippen molar-refractivity contribution in [1.29, 1.82) is 0 Å². The van der Waals surface area contributed by atoms with Crippen molar-refractivity contribution in [2.45, 2.75) is 107 Å². The number of hydrogen-bond acceptors (Lipinski definition) is 1. The third-order valence-electron chi connectivity index (χ3n) is 7.83. The molecule has 0 aromatic heterocycles. The third kappa shape index (κ3) is 5.94. The lowest BCUT2D eigenvalue weighted by molar-refractivity contribution is -0.0979. The molecule has 3 aliphatic rings. The van der Waals surface area contributed by atoms with E-state index in [-0.39, 0.29) is 0 Å². The molecule has 0 spiro atoms. The summed E-state index contributed by atoms with van der Waals surface area (Å²) in [4.78, 5) is 8.00. The van der Waals surface area contributed by atoms with Gasteiger partial charge in [-0.2, -0.15) is 0 Å². The van der Waals surface area contributed by atoms with Gasteiger partial charge in [0.2, 0.25) is 0 Å². The Morgan fingerprint density at radius 1 is 1.00 bits per heavy atom. The van der Waals surface area contributed by atoms with Crippen molar-refractivity contribution < 1.29 is 4.79 Å². The van der Waals surface area contributed by atoms with Crippen LogP contribution in [0.5, 0.6) is 0 Å². The fourth-order valence-electron chi connectivity index (χ4n) is 6.18. The molecule has 0 radical (unpaired) electrons. The van der Waals surface area contributed by atoms with Crippen molar-refractivity contribution in [2.75, 3.05) is 0 Å². The summed E-state index contributed by atoms with van der Waals surface area (Å²) in [5.74, 6) is 4.75. The lowest BCUT2D eigenvalue weighted by Crippen LogP contribution is -2.29. The summed E-state index contributed by atoms with van der Waals surface area (Å²) in [6, 6.07) is 0. The predicted octanol–water partition coefficient (Wildman–Crippen LogP) is 8.33. The Balaban J connectivity index is 0.000000860. The van der Waals surface area contributed by atoms with Gasteiger partial charge < -0.3 is 4.79 Å². The number of carbonyl (C=O) groups excluding carboxylic acids is 1. The molecule has 0 amide bonds. The SMILES string of the molecule is C=O.CC.CC1CC2C3CC=CCCCC(C)(C)C3CC2(C)C1C.CCC. The number of hydrogen-bond donors (Lipinski definition) is 0. The topological polar surface area (TPSA) is 17.1 Å². The second-order valence-electron chi connectivity index (χ2n) is 9.88. The smallest absolute Gasteiger partial charge is 0.106 e. The summed E-state index contributed by atoms with van der Waals surface area (Å²) in [6.07, 6.45) is 14.7. The fourth-order valence-corrected chi connectivity index (χ4v) is 6.18. The predicted molar refractivity (Wildman–Crippen MR) is 122 cm³/mol. The Kier molecular flexibility index (Phi) is 11.8. The van der Waals surface area contributed by atoms with Crippen LogP contribution in [0, 0.1) is 40.4 Å². The van der Waals surface area contributed by atoms with Crippen molar-refractivity contribution in [1.82, 2.24) is 0 Å². The van der Waals surface area contributed by atoms with Gasteiger partial charge in [0.1, 0.15) is 6.79 Å². The van der Waals surface area contributed by atoms with Crippen LogP contribution >= 0.6 is 0 Å². The molecule has 6 unspecified atom stereocenters. The van der Waals surface area contributed by atoms with Crippen LogP contribution in [0.3, 0.4) is 0 Å². The van der Waals surface area contributed by atoms with Crippen molar-refractivity contribution in [3.8, 4) is 0 Å². The first-order chi connectivity index (χ1) is 12.8. The van der Waals surface area contributed by atoms with E-state index in [1.165, 1.54) is 44.9 Å². The second kappa shape index (κ2) is 12.1. The molecule has 0 saturated heterocycles. The van der Waals surface area contributed by atoms with Gasteiger partial charge in [0.25, 0.3) is 0 Å². The Bertz CT molecular complexity index is 424. The highest BCUT2D eigenvalue weighted by Crippen LogP contribution is 2.67. The molecule has 1 nitrogen and oxygen atoms in total. The maximum absolute atomic E-state index is 8.00. The van der Waals surface area contributed by atoms with Gasteiger partial charge in [0.05, 0.1) is 0 Å². The molecule has 1 heteroatoms. The fraction of sp³-hybridized carbons (Fsp3) is 0.885. The second-order valence-corrected chi connectivity index (χ2v) is 9.88. The molecule has 27 heavy (non-hydrogen) atoms. The molecule has 0 N–H and O–H groups in total. The average molecular weight is 379 g/mol. The maximum atomic E-state index is 8.00. The van der Waals surface area contributed by atoms with Crippen LogP contribution in [0.25, 0.3) is 0 Å². The van der Waals surface area contributed by atoms with E-state index in [1.807, 2.05) is 20.6 Å². The van der Waals surface area contributed by atoms with Gasteiger partial charge in [-0.1, -0.05) is 80.9 Å². The summed E-state index contributed by atoms with van der Waals surface area (Å²) in [7, 11) is 0. The van der Waals surface area contributed by atoms with E-state index in [4.69, 9.17) is 4.79 Å². The van der Waals surface area contributed by atoms with Gasteiger partial charge in [0, 0.05) is 0 Å². The normalized spacial score (nSPS) is 38.8. The van der Waals surface area contributed by atoms with Crippen LogP contribution < -0.4 is 0 Å². The summed E-state index contributed by atoms with van der Waals surface area (Å²) in [5, 5.41) is 0. The number of fused-ring (bicyclic) bond motifs is 3. The van der Waals surface area contributed by atoms with E-state index >= 15 is 0 Å². The third-order valence-corrected chi connectivity index (χ3v) is 7.83. The van der Waals surface area contributed by atoms with E-state index in [9.17, 15) is 0 Å². The first-order valence-corrected chi connectivity index (χ1v) is 11.7. The molecular weight excluding hydrogens is 328 g/mol. The summed E-state index contributed by atoms with van der Waals surface area (Å²) < 4.78 is 0. The quantitative estimate of drug-likeness (QED) is 0.387. The largest absolute Gasteiger partial charge is 0.307 e. The zero-order valence-corrected chi connectivity index (χ0v) is 20.1. The van der Waals surface area contributed by atoms with Gasteiger partial charge in [-0.15, -0.1) is 0 Å². The van der Waals surface area contributed by atoms with Crippen molar-refractivity contribution >= 4 is 6.79 Å². The van der Waals surface area contributed by atoms with Crippen LogP contribution in [0.2, 0.25) is 0 Å². The minimum Gasteiger partial charge on any atom is -0.307 e. The standard InChI is InChI=1S/C20H34.C3H8.C2H6.CH2O/c1-14-12-17-16-10-8-6-7-9-11-19(3,4)18(16)13-20(17,5)15(14)2;1-3-2;2*1-2/h6,8,14-18H,7,9-13H2,1-5H3;3H2,1-2H3;1-2H3;1H2. The highest BCUT2D eigenvalue weighted by Gasteiger charge is 2.59. The average Bonchev–Trinajstić information content (AvgIpc) is 3.08. The zero-order chi connectivity index (χ0) is 21.3. The molecule has 3 rings (SSSR count). The van der Waals surface area contributed by atoms with E-state index in [2.05, 4.69) is 60.6 Å². The molecule has 0 heterocycles.